The van der Waals surface area contributed by atoms with Crippen LogP contribution in [0.2, 0.25) is 0 Å². The molecule has 8 heteroatoms. The highest BCUT2D eigenvalue weighted by molar-refractivity contribution is 5.89. The van der Waals surface area contributed by atoms with Gasteiger partial charge in [-0.1, -0.05) is 36.4 Å². The summed E-state index contributed by atoms with van der Waals surface area (Å²) in [6.45, 7) is 2.42. The van der Waals surface area contributed by atoms with E-state index in [2.05, 4.69) is 15.1 Å². The second-order valence-electron chi connectivity index (χ2n) is 8.04. The minimum atomic E-state index is -0.393. The van der Waals surface area contributed by atoms with Crippen LogP contribution in [0.5, 0.6) is 0 Å². The van der Waals surface area contributed by atoms with E-state index in [1.54, 1.807) is 0 Å². The van der Waals surface area contributed by atoms with Crippen molar-refractivity contribution in [3.8, 4) is 0 Å². The molecule has 2 aliphatic heterocycles. The van der Waals surface area contributed by atoms with E-state index in [4.69, 9.17) is 10.2 Å². The predicted molar refractivity (Wildman–Crippen MR) is 133 cm³/mol. The fourth-order valence-corrected chi connectivity index (χ4v) is 4.33. The number of piperazine rings is 1. The number of anilines is 2. The Morgan fingerprint density at radius 2 is 1.30 bits per heavy atom. The van der Waals surface area contributed by atoms with E-state index < -0.39 is 6.61 Å². The maximum atomic E-state index is 11.7. The summed E-state index contributed by atoms with van der Waals surface area (Å²) in [4.78, 5) is 27.4. The lowest BCUT2D eigenvalue weighted by molar-refractivity contribution is -0.124. The van der Waals surface area contributed by atoms with Gasteiger partial charge < -0.3 is 25.3 Å². The number of benzene rings is 2. The highest BCUT2D eigenvalue weighted by atomic mass is 35.5. The molecule has 4 rings (SSSR count). The van der Waals surface area contributed by atoms with Gasteiger partial charge in [-0.15, -0.1) is 12.4 Å². The fourth-order valence-electron chi connectivity index (χ4n) is 4.33. The van der Waals surface area contributed by atoms with Gasteiger partial charge in [-0.2, -0.15) is 0 Å². The van der Waals surface area contributed by atoms with Gasteiger partial charge in [0.05, 0.1) is 6.04 Å². The average molecular weight is 476 g/mol. The smallest absolute Gasteiger partial charge is 0.181 e. The van der Waals surface area contributed by atoms with Crippen LogP contribution in [0.4, 0.5) is 11.4 Å². The third-order valence-corrected chi connectivity index (χ3v) is 5.98. The van der Waals surface area contributed by atoms with Gasteiger partial charge in [0.1, 0.15) is 19.3 Å². The average Bonchev–Trinajstić information content (AvgIpc) is 2.89. The number of Topliss-reactive ketones (excluding diaryl/α,β-unsaturated/α-hetero) is 2. The molecule has 2 aromatic carbocycles. The normalized spacial score (nSPS) is 20.2. The number of nitrogens with zero attached hydrogens (tertiary/aromatic N) is 2. The number of aliphatic hydroxyl groups excluding tert-OH is 2. The van der Waals surface area contributed by atoms with E-state index in [-0.39, 0.29) is 42.7 Å². The van der Waals surface area contributed by atoms with Crippen molar-refractivity contribution in [3.05, 3.63) is 60.7 Å². The number of hydrogen-bond donors (Lipinski definition) is 3. The predicted octanol–water partition coefficient (Wildman–Crippen LogP) is 2.05. The molecule has 0 aliphatic carbocycles. The third-order valence-electron chi connectivity index (χ3n) is 5.98. The van der Waals surface area contributed by atoms with Crippen molar-refractivity contribution in [2.24, 2.45) is 0 Å². The number of carbonyl (C=O) groups is 2. The summed E-state index contributed by atoms with van der Waals surface area (Å²) in [6.07, 6.45) is 3.04. The lowest BCUT2D eigenvalue weighted by atomic mass is 9.98. The minimum absolute atomic E-state index is 0. The Morgan fingerprint density at radius 3 is 1.85 bits per heavy atom. The first-order chi connectivity index (χ1) is 15.7. The molecule has 7 nitrogen and oxygen atoms in total. The summed E-state index contributed by atoms with van der Waals surface area (Å²) < 4.78 is 0. The number of nitrogens with one attached hydrogen (secondary N) is 1. The van der Waals surface area contributed by atoms with Crippen molar-refractivity contribution >= 4 is 35.3 Å². The number of para-hydroxylation sites is 2. The number of carbonyl (C=O) groups excluding carboxylic acids is 2. The van der Waals surface area contributed by atoms with E-state index in [0.717, 1.165) is 50.3 Å². The molecule has 0 spiro atoms. The summed E-state index contributed by atoms with van der Waals surface area (Å²) in [5.74, 6) is -0.195. The summed E-state index contributed by atoms with van der Waals surface area (Å²) in [6, 6.07) is 19.4. The molecular weight excluding hydrogens is 442 g/mol. The number of rotatable bonds is 6. The molecule has 2 aromatic rings. The Balaban J connectivity index is 0.000000227. The van der Waals surface area contributed by atoms with Crippen LogP contribution in [-0.4, -0.2) is 73.3 Å². The molecule has 0 radical (unpaired) electrons. The van der Waals surface area contributed by atoms with E-state index in [9.17, 15) is 9.59 Å². The number of halogens is 1. The SMILES string of the molecule is Cl.O=C(CO)C1CCCCN1c1ccccc1.O=C(CO)C1CNCCN1c1ccccc1. The molecule has 180 valence electrons. The molecule has 0 saturated carbocycles. The molecular formula is C25H34ClN3O4. The Hall–Kier alpha value is -2.45. The minimum Gasteiger partial charge on any atom is -0.389 e. The van der Waals surface area contributed by atoms with Gasteiger partial charge in [0.2, 0.25) is 0 Å². The van der Waals surface area contributed by atoms with Crippen molar-refractivity contribution in [3.63, 3.8) is 0 Å². The molecule has 0 amide bonds. The maximum Gasteiger partial charge on any atom is 0.181 e. The van der Waals surface area contributed by atoms with Crippen molar-refractivity contribution in [1.29, 1.82) is 0 Å². The van der Waals surface area contributed by atoms with Gasteiger partial charge in [0.25, 0.3) is 0 Å². The van der Waals surface area contributed by atoms with Crippen LogP contribution < -0.4 is 15.1 Å². The summed E-state index contributed by atoms with van der Waals surface area (Å²) in [7, 11) is 0. The third kappa shape index (κ3) is 7.27. The van der Waals surface area contributed by atoms with Crippen LogP contribution in [0, 0.1) is 0 Å². The lowest BCUT2D eigenvalue weighted by Gasteiger charge is -2.36. The standard InChI is InChI=1S/C13H17NO2.C12H16N2O2.ClH/c15-10-13(16)12-8-4-5-9-14(12)11-6-2-1-3-7-11;15-9-12(16)11-8-13-6-7-14(11)10-4-2-1-3-5-10;/h1-3,6-7,12,15H,4-5,8-10H2;1-5,11,13,15H,6-9H2;1H. The quantitative estimate of drug-likeness (QED) is 0.588. The van der Waals surface area contributed by atoms with E-state index >= 15 is 0 Å². The molecule has 2 fully saturated rings. The molecule has 3 N–H and O–H groups in total. The molecule has 0 aromatic heterocycles. The van der Waals surface area contributed by atoms with Crippen LogP contribution in [0.1, 0.15) is 19.3 Å². The molecule has 2 aliphatic rings. The van der Waals surface area contributed by atoms with Gasteiger partial charge >= 0.3 is 0 Å². The van der Waals surface area contributed by atoms with Crippen LogP contribution in [-0.2, 0) is 9.59 Å². The Labute approximate surface area is 201 Å². The van der Waals surface area contributed by atoms with E-state index in [1.807, 2.05) is 60.7 Å². The topological polar surface area (TPSA) is 93.1 Å². The number of aliphatic hydroxyl groups is 2. The van der Waals surface area contributed by atoms with Gasteiger partial charge in [-0.3, -0.25) is 9.59 Å². The van der Waals surface area contributed by atoms with Crippen LogP contribution in [0.25, 0.3) is 0 Å². The fraction of sp³-hybridized carbons (Fsp3) is 0.440. The number of hydrogen-bond acceptors (Lipinski definition) is 7. The zero-order valence-electron chi connectivity index (χ0n) is 18.8. The molecule has 2 atom stereocenters. The highest BCUT2D eigenvalue weighted by Crippen LogP contribution is 2.25. The monoisotopic (exact) mass is 475 g/mol. The zero-order chi connectivity index (χ0) is 22.8. The molecule has 2 saturated heterocycles. The largest absolute Gasteiger partial charge is 0.389 e. The number of piperidine rings is 1. The van der Waals surface area contributed by atoms with Crippen molar-refractivity contribution in [2.45, 2.75) is 31.3 Å². The van der Waals surface area contributed by atoms with Crippen LogP contribution >= 0.6 is 12.4 Å². The van der Waals surface area contributed by atoms with Crippen LogP contribution in [0.3, 0.4) is 0 Å². The van der Waals surface area contributed by atoms with Crippen molar-refractivity contribution < 1.29 is 19.8 Å². The van der Waals surface area contributed by atoms with E-state index in [0.29, 0.717) is 6.54 Å². The molecule has 2 unspecified atom stereocenters. The second kappa shape index (κ2) is 14.0. The van der Waals surface area contributed by atoms with Gasteiger partial charge in [0, 0.05) is 37.6 Å². The first-order valence-corrected chi connectivity index (χ1v) is 11.3. The summed E-state index contributed by atoms with van der Waals surface area (Å²) in [5, 5.41) is 21.1. The molecule has 2 heterocycles. The van der Waals surface area contributed by atoms with Gasteiger partial charge in [0.15, 0.2) is 11.6 Å². The Morgan fingerprint density at radius 1 is 0.788 bits per heavy atom. The van der Waals surface area contributed by atoms with Gasteiger partial charge in [-0.25, -0.2) is 0 Å². The molecule has 33 heavy (non-hydrogen) atoms. The maximum absolute atomic E-state index is 11.7. The summed E-state index contributed by atoms with van der Waals surface area (Å²) in [5.41, 5.74) is 2.12. The number of ketones is 2. The van der Waals surface area contributed by atoms with Crippen LogP contribution in [0.15, 0.2) is 60.7 Å². The van der Waals surface area contributed by atoms with Gasteiger partial charge in [-0.05, 0) is 43.5 Å². The second-order valence-corrected chi connectivity index (χ2v) is 8.04. The first kappa shape index (κ1) is 26.8. The van der Waals surface area contributed by atoms with Crippen molar-refractivity contribution in [1.82, 2.24) is 5.32 Å². The Kier molecular flexibility index (Phi) is 11.3. The van der Waals surface area contributed by atoms with E-state index in [1.165, 1.54) is 0 Å². The summed E-state index contributed by atoms with van der Waals surface area (Å²) >= 11 is 0. The zero-order valence-corrected chi connectivity index (χ0v) is 19.6. The first-order valence-electron chi connectivity index (χ1n) is 11.3. The van der Waals surface area contributed by atoms with Crippen molar-refractivity contribution in [2.75, 3.05) is 49.2 Å². The highest BCUT2D eigenvalue weighted by Gasteiger charge is 2.28. The molecule has 0 bridgehead atoms. The lowest BCUT2D eigenvalue weighted by Crippen LogP contribution is -2.55. The Bertz CT molecular complexity index is 782.